The van der Waals surface area contributed by atoms with Crippen LogP contribution in [0.4, 0.5) is 10.1 Å². The first-order valence-corrected chi connectivity index (χ1v) is 6.13. The molecule has 0 radical (unpaired) electrons. The molecule has 0 fully saturated rings. The first kappa shape index (κ1) is 11.7. The summed E-state index contributed by atoms with van der Waals surface area (Å²) in [5.41, 5.74) is 0.461. The lowest BCUT2D eigenvalue weighted by molar-refractivity contribution is -0.387. The van der Waals surface area contributed by atoms with Gasteiger partial charge in [-0.05, 0) is 19.1 Å². The Kier molecular flexibility index (Phi) is 2.53. The Morgan fingerprint density at radius 1 is 1.47 bits per heavy atom. The molecule has 3 aromatic rings. The summed E-state index contributed by atoms with van der Waals surface area (Å²) in [5.74, 6) is -0.858. The number of hydrogen-bond acceptors (Lipinski definition) is 5. The lowest BCUT2D eigenvalue weighted by atomic mass is 10.1. The van der Waals surface area contributed by atoms with E-state index in [1.807, 2.05) is 6.92 Å². The van der Waals surface area contributed by atoms with Gasteiger partial charge >= 0.3 is 5.69 Å². The van der Waals surface area contributed by atoms with Crippen molar-refractivity contribution in [2.24, 2.45) is 0 Å². The van der Waals surface area contributed by atoms with Crippen LogP contribution in [0.2, 0.25) is 0 Å². The normalized spacial score (nSPS) is 11.1. The van der Waals surface area contributed by atoms with Crippen molar-refractivity contribution in [3.63, 3.8) is 0 Å². The van der Waals surface area contributed by atoms with E-state index >= 15 is 0 Å². The van der Waals surface area contributed by atoms with Gasteiger partial charge in [0, 0.05) is 11.6 Å². The van der Waals surface area contributed by atoms with Crippen molar-refractivity contribution in [2.75, 3.05) is 0 Å². The second-order valence-corrected chi connectivity index (χ2v) is 5.06. The maximum atomic E-state index is 13.3. The number of hydrogen-bond donors (Lipinski definition) is 0. The third kappa shape index (κ3) is 1.95. The fraction of sp³-hybridized carbons (Fsp3) is 0.0909. The Bertz CT molecular complexity index is 764. The zero-order valence-corrected chi connectivity index (χ0v) is 10.5. The van der Waals surface area contributed by atoms with E-state index in [2.05, 4.69) is 10.1 Å². The van der Waals surface area contributed by atoms with Gasteiger partial charge in [0.05, 0.1) is 16.8 Å². The molecular formula is C11H7FN4O2S. The highest BCUT2D eigenvalue weighted by Crippen LogP contribution is 2.27. The van der Waals surface area contributed by atoms with Crippen molar-refractivity contribution >= 4 is 22.0 Å². The average molecular weight is 278 g/mol. The number of fused-ring (bicyclic) bond motifs is 1. The van der Waals surface area contributed by atoms with Gasteiger partial charge in [0.25, 0.3) is 0 Å². The zero-order chi connectivity index (χ0) is 13.6. The molecule has 0 aliphatic rings. The van der Waals surface area contributed by atoms with Crippen LogP contribution in [0.25, 0.3) is 16.2 Å². The van der Waals surface area contributed by atoms with Gasteiger partial charge < -0.3 is 0 Å². The number of aromatic nitrogens is 3. The first-order chi connectivity index (χ1) is 9.04. The van der Waals surface area contributed by atoms with Crippen LogP contribution in [0.15, 0.2) is 24.4 Å². The highest BCUT2D eigenvalue weighted by atomic mass is 32.1. The lowest BCUT2D eigenvalue weighted by Gasteiger charge is -1.97. The van der Waals surface area contributed by atoms with Gasteiger partial charge in [-0.3, -0.25) is 10.1 Å². The van der Waals surface area contributed by atoms with E-state index in [1.54, 1.807) is 10.7 Å². The number of benzene rings is 1. The number of nitro groups is 1. The summed E-state index contributed by atoms with van der Waals surface area (Å²) in [7, 11) is 0. The van der Waals surface area contributed by atoms with E-state index in [9.17, 15) is 14.5 Å². The van der Waals surface area contributed by atoms with E-state index < -0.39 is 16.4 Å². The van der Waals surface area contributed by atoms with E-state index in [4.69, 9.17) is 0 Å². The molecule has 0 aliphatic carbocycles. The van der Waals surface area contributed by atoms with Crippen molar-refractivity contribution in [3.05, 3.63) is 45.3 Å². The number of imidazole rings is 1. The molecule has 0 atom stereocenters. The molecule has 96 valence electrons. The molecule has 8 heteroatoms. The smallest absolute Gasteiger partial charge is 0.258 e. The molecule has 19 heavy (non-hydrogen) atoms. The minimum absolute atomic E-state index is 0.489. The van der Waals surface area contributed by atoms with Gasteiger partial charge in [-0.1, -0.05) is 11.3 Å². The minimum atomic E-state index is -0.858. The van der Waals surface area contributed by atoms with Crippen LogP contribution in [0.1, 0.15) is 5.01 Å². The van der Waals surface area contributed by atoms with E-state index in [0.29, 0.717) is 16.2 Å². The monoisotopic (exact) mass is 278 g/mol. The van der Waals surface area contributed by atoms with Crippen LogP contribution in [-0.2, 0) is 0 Å². The Hall–Kier alpha value is -2.35. The van der Waals surface area contributed by atoms with Gasteiger partial charge in [0.1, 0.15) is 5.01 Å². The van der Waals surface area contributed by atoms with Crippen LogP contribution in [0.3, 0.4) is 0 Å². The quantitative estimate of drug-likeness (QED) is 0.533. The second-order valence-electron chi connectivity index (χ2n) is 3.90. The summed E-state index contributed by atoms with van der Waals surface area (Å²) in [6.07, 6.45) is 1.66. The maximum absolute atomic E-state index is 13.3. The van der Waals surface area contributed by atoms with Gasteiger partial charge in [-0.2, -0.15) is 9.49 Å². The predicted octanol–water partition coefficient (Wildman–Crippen LogP) is 2.81. The molecular weight excluding hydrogens is 271 g/mol. The standard InChI is InChI=1S/C11H7FN4O2S/c1-6-14-15-5-9(13-11(15)19-6)7-2-3-8(12)10(4-7)16(17)18/h2-5H,1H3. The highest BCUT2D eigenvalue weighted by Gasteiger charge is 2.16. The summed E-state index contributed by atoms with van der Waals surface area (Å²) in [5, 5.41) is 15.8. The highest BCUT2D eigenvalue weighted by molar-refractivity contribution is 7.16. The molecule has 6 nitrogen and oxygen atoms in total. The Balaban J connectivity index is 2.12. The van der Waals surface area contributed by atoms with Crippen LogP contribution in [-0.4, -0.2) is 19.5 Å². The van der Waals surface area contributed by atoms with Crippen LogP contribution < -0.4 is 0 Å². The van der Waals surface area contributed by atoms with Crippen molar-refractivity contribution < 1.29 is 9.31 Å². The fourth-order valence-corrected chi connectivity index (χ4v) is 2.47. The molecule has 0 N–H and O–H groups in total. The number of nitrogens with zero attached hydrogens (tertiary/aromatic N) is 4. The van der Waals surface area contributed by atoms with Crippen LogP contribution >= 0.6 is 11.3 Å². The van der Waals surface area contributed by atoms with Gasteiger partial charge in [0.2, 0.25) is 10.8 Å². The van der Waals surface area contributed by atoms with Crippen LogP contribution in [0.5, 0.6) is 0 Å². The third-order valence-corrected chi connectivity index (χ3v) is 3.42. The summed E-state index contributed by atoms with van der Waals surface area (Å²) in [4.78, 5) is 15.0. The van der Waals surface area contributed by atoms with E-state index in [1.165, 1.54) is 23.5 Å². The topological polar surface area (TPSA) is 73.3 Å². The van der Waals surface area contributed by atoms with Crippen LogP contribution in [0, 0.1) is 22.9 Å². The van der Waals surface area contributed by atoms with E-state index in [-0.39, 0.29) is 0 Å². The minimum Gasteiger partial charge on any atom is -0.258 e. The first-order valence-electron chi connectivity index (χ1n) is 5.32. The lowest BCUT2D eigenvalue weighted by Crippen LogP contribution is -1.93. The summed E-state index contributed by atoms with van der Waals surface area (Å²) < 4.78 is 14.9. The second kappa shape index (κ2) is 4.09. The molecule has 3 rings (SSSR count). The Morgan fingerprint density at radius 2 is 2.26 bits per heavy atom. The third-order valence-electron chi connectivity index (χ3n) is 2.58. The van der Waals surface area contributed by atoms with E-state index in [0.717, 1.165) is 11.1 Å². The average Bonchev–Trinajstić information content (AvgIpc) is 2.86. The summed E-state index contributed by atoms with van der Waals surface area (Å²) >= 11 is 1.41. The molecule has 0 saturated heterocycles. The van der Waals surface area contributed by atoms with Gasteiger partial charge in [-0.25, -0.2) is 9.50 Å². The van der Waals surface area contributed by atoms with Crippen molar-refractivity contribution in [2.45, 2.75) is 6.92 Å². The predicted molar refractivity (Wildman–Crippen MR) is 67.6 cm³/mol. The zero-order valence-electron chi connectivity index (χ0n) is 9.70. The largest absolute Gasteiger partial charge is 0.305 e. The van der Waals surface area contributed by atoms with Crippen molar-refractivity contribution in [3.8, 4) is 11.3 Å². The molecule has 1 aromatic carbocycles. The molecule has 0 bridgehead atoms. The number of rotatable bonds is 2. The molecule has 2 aromatic heterocycles. The maximum Gasteiger partial charge on any atom is 0.305 e. The Labute approximate surface area is 110 Å². The van der Waals surface area contributed by atoms with Crippen molar-refractivity contribution in [1.29, 1.82) is 0 Å². The molecule has 0 unspecified atom stereocenters. The fourth-order valence-electron chi connectivity index (χ4n) is 1.75. The molecule has 0 spiro atoms. The number of halogens is 1. The van der Waals surface area contributed by atoms with Gasteiger partial charge in [-0.15, -0.1) is 0 Å². The molecule has 2 heterocycles. The number of aryl methyl sites for hydroxylation is 1. The Morgan fingerprint density at radius 3 is 2.95 bits per heavy atom. The summed E-state index contributed by atoms with van der Waals surface area (Å²) in [6, 6.07) is 3.70. The number of nitro benzene ring substituents is 1. The summed E-state index contributed by atoms with van der Waals surface area (Å²) in [6.45, 7) is 1.86. The van der Waals surface area contributed by atoms with Gasteiger partial charge in [0.15, 0.2) is 0 Å². The molecule has 0 saturated carbocycles. The molecule has 0 aliphatic heterocycles. The van der Waals surface area contributed by atoms with Crippen molar-refractivity contribution in [1.82, 2.24) is 14.6 Å². The molecule has 0 amide bonds. The SMILES string of the molecule is Cc1nn2cc(-c3ccc(F)c([N+](=O)[O-])c3)nc2s1.